The predicted molar refractivity (Wildman–Crippen MR) is 71.8 cm³/mol. The molecule has 3 rings (SSSR count). The number of ether oxygens (including phenoxy) is 1. The molecular formula is C15H17NO4. The van der Waals surface area contributed by atoms with Crippen molar-refractivity contribution in [2.24, 2.45) is 0 Å². The van der Waals surface area contributed by atoms with Crippen LogP contribution in [0.5, 0.6) is 0 Å². The number of hydrogen-bond acceptors (Lipinski definition) is 3. The van der Waals surface area contributed by atoms with Crippen LogP contribution in [0, 0.1) is 0 Å². The highest BCUT2D eigenvalue weighted by atomic mass is 16.5. The van der Waals surface area contributed by atoms with Gasteiger partial charge in [0, 0.05) is 12.1 Å². The topological polar surface area (TPSA) is 66.8 Å². The quantitative estimate of drug-likeness (QED) is 0.893. The van der Waals surface area contributed by atoms with E-state index >= 15 is 0 Å². The molecule has 1 heterocycles. The third-order valence-electron chi connectivity index (χ3n) is 4.12. The van der Waals surface area contributed by atoms with E-state index in [0.717, 1.165) is 19.3 Å². The van der Waals surface area contributed by atoms with Gasteiger partial charge < -0.3 is 14.7 Å². The van der Waals surface area contributed by atoms with Crippen molar-refractivity contribution >= 4 is 11.9 Å². The third-order valence-corrected chi connectivity index (χ3v) is 4.12. The number of amides is 1. The summed E-state index contributed by atoms with van der Waals surface area (Å²) in [6.45, 7) is 1.20. The van der Waals surface area contributed by atoms with Gasteiger partial charge in [-0.15, -0.1) is 0 Å². The number of nitrogens with zero attached hydrogens (tertiary/aromatic N) is 1. The van der Waals surface area contributed by atoms with Gasteiger partial charge in [-0.05, 0) is 43.5 Å². The Kier molecular flexibility index (Phi) is 3.44. The molecule has 2 aliphatic rings. The van der Waals surface area contributed by atoms with E-state index < -0.39 is 5.97 Å². The first kappa shape index (κ1) is 13.1. The summed E-state index contributed by atoms with van der Waals surface area (Å²) < 4.78 is 5.70. The Morgan fingerprint density at radius 1 is 1.15 bits per heavy atom. The van der Waals surface area contributed by atoms with Crippen LogP contribution in [-0.4, -0.2) is 47.2 Å². The van der Waals surface area contributed by atoms with Crippen LogP contribution in [0.1, 0.15) is 40.0 Å². The van der Waals surface area contributed by atoms with E-state index in [1.54, 1.807) is 12.1 Å². The fourth-order valence-corrected chi connectivity index (χ4v) is 3.10. The fourth-order valence-electron chi connectivity index (χ4n) is 3.10. The summed E-state index contributed by atoms with van der Waals surface area (Å²) in [5.74, 6) is -1.01. The van der Waals surface area contributed by atoms with Crippen LogP contribution in [0.15, 0.2) is 24.3 Å². The van der Waals surface area contributed by atoms with Gasteiger partial charge in [0.05, 0.1) is 24.3 Å². The van der Waals surface area contributed by atoms with Crippen LogP contribution in [0.4, 0.5) is 0 Å². The first-order valence-electron chi connectivity index (χ1n) is 6.93. The summed E-state index contributed by atoms with van der Waals surface area (Å²) in [6, 6.07) is 6.30. The van der Waals surface area contributed by atoms with Gasteiger partial charge in [-0.3, -0.25) is 4.79 Å². The van der Waals surface area contributed by atoms with E-state index in [1.165, 1.54) is 12.1 Å². The second kappa shape index (κ2) is 5.25. The van der Waals surface area contributed by atoms with Gasteiger partial charge in [0.2, 0.25) is 0 Å². The Hall–Kier alpha value is -1.88. The maximum absolute atomic E-state index is 12.5. The smallest absolute Gasteiger partial charge is 0.335 e. The first-order valence-corrected chi connectivity index (χ1v) is 6.93. The van der Waals surface area contributed by atoms with E-state index in [2.05, 4.69) is 0 Å². The molecule has 2 fully saturated rings. The number of carboxylic acid groups (broad SMARTS) is 1. The molecule has 0 aromatic heterocycles. The molecule has 5 heteroatoms. The highest BCUT2D eigenvalue weighted by molar-refractivity contribution is 5.96. The van der Waals surface area contributed by atoms with Crippen LogP contribution in [-0.2, 0) is 4.74 Å². The minimum Gasteiger partial charge on any atom is -0.478 e. The number of carbonyl (C=O) groups excluding carboxylic acids is 1. The van der Waals surface area contributed by atoms with Crippen molar-refractivity contribution in [1.82, 2.24) is 4.90 Å². The molecule has 5 nitrogen and oxygen atoms in total. The lowest BCUT2D eigenvalue weighted by atomic mass is 10.1. The van der Waals surface area contributed by atoms with Gasteiger partial charge in [-0.25, -0.2) is 4.79 Å². The predicted octanol–water partition coefficient (Wildman–Crippen LogP) is 1.78. The van der Waals surface area contributed by atoms with Crippen molar-refractivity contribution in [3.05, 3.63) is 35.4 Å². The molecule has 1 aromatic rings. The van der Waals surface area contributed by atoms with E-state index in [9.17, 15) is 9.59 Å². The van der Waals surface area contributed by atoms with Gasteiger partial charge in [0.25, 0.3) is 5.91 Å². The summed E-state index contributed by atoms with van der Waals surface area (Å²) in [7, 11) is 0. The highest BCUT2D eigenvalue weighted by Gasteiger charge is 2.38. The van der Waals surface area contributed by atoms with Gasteiger partial charge >= 0.3 is 5.97 Å². The standard InChI is InChI=1S/C15H17NO4/c17-14(10-4-6-11(7-5-10)15(18)19)16-8-9-20-13-3-1-2-12(13)16/h4-7,12-13H,1-3,8-9H2,(H,18,19). The zero-order chi connectivity index (χ0) is 14.1. The van der Waals surface area contributed by atoms with Crippen molar-refractivity contribution in [2.45, 2.75) is 31.4 Å². The van der Waals surface area contributed by atoms with Crippen molar-refractivity contribution in [3.63, 3.8) is 0 Å². The largest absolute Gasteiger partial charge is 0.478 e. The first-order chi connectivity index (χ1) is 9.66. The normalized spacial score (nSPS) is 25.3. The van der Waals surface area contributed by atoms with Crippen molar-refractivity contribution < 1.29 is 19.4 Å². The van der Waals surface area contributed by atoms with E-state index in [4.69, 9.17) is 9.84 Å². The van der Waals surface area contributed by atoms with Crippen LogP contribution in [0.25, 0.3) is 0 Å². The average Bonchev–Trinajstić information content (AvgIpc) is 2.95. The second-order valence-corrected chi connectivity index (χ2v) is 5.29. The van der Waals surface area contributed by atoms with Gasteiger partial charge in [-0.1, -0.05) is 0 Å². The Balaban J connectivity index is 1.79. The lowest BCUT2D eigenvalue weighted by Gasteiger charge is -2.37. The molecule has 2 unspecified atom stereocenters. The number of carbonyl (C=O) groups is 2. The highest BCUT2D eigenvalue weighted by Crippen LogP contribution is 2.30. The molecule has 1 saturated heterocycles. The number of benzene rings is 1. The van der Waals surface area contributed by atoms with Gasteiger partial charge in [0.1, 0.15) is 0 Å². The molecule has 20 heavy (non-hydrogen) atoms. The summed E-state index contributed by atoms with van der Waals surface area (Å²) in [5, 5.41) is 8.87. The SMILES string of the molecule is O=C(O)c1ccc(C(=O)N2CCOC3CCCC32)cc1. The van der Waals surface area contributed by atoms with Crippen molar-refractivity contribution in [1.29, 1.82) is 0 Å². The van der Waals surface area contributed by atoms with Gasteiger partial charge in [0.15, 0.2) is 0 Å². The molecule has 0 bridgehead atoms. The average molecular weight is 275 g/mol. The summed E-state index contributed by atoms with van der Waals surface area (Å²) >= 11 is 0. The third kappa shape index (κ3) is 2.29. The zero-order valence-electron chi connectivity index (χ0n) is 11.1. The number of hydrogen-bond donors (Lipinski definition) is 1. The Morgan fingerprint density at radius 3 is 2.55 bits per heavy atom. The van der Waals surface area contributed by atoms with E-state index in [-0.39, 0.29) is 23.6 Å². The van der Waals surface area contributed by atoms with Crippen LogP contribution in [0.2, 0.25) is 0 Å². The van der Waals surface area contributed by atoms with Crippen LogP contribution >= 0.6 is 0 Å². The lowest BCUT2D eigenvalue weighted by Crippen LogP contribution is -2.51. The summed E-state index contributed by atoms with van der Waals surface area (Å²) in [5.41, 5.74) is 0.741. The summed E-state index contributed by atoms with van der Waals surface area (Å²) in [6.07, 6.45) is 3.28. The molecular weight excluding hydrogens is 258 g/mol. The molecule has 1 aromatic carbocycles. The Bertz CT molecular complexity index is 525. The number of morpholine rings is 1. The van der Waals surface area contributed by atoms with Crippen LogP contribution < -0.4 is 0 Å². The Labute approximate surface area is 117 Å². The lowest BCUT2D eigenvalue weighted by molar-refractivity contribution is -0.0445. The van der Waals surface area contributed by atoms with Gasteiger partial charge in [-0.2, -0.15) is 0 Å². The molecule has 1 aliphatic carbocycles. The monoisotopic (exact) mass is 275 g/mol. The molecule has 0 spiro atoms. The van der Waals surface area contributed by atoms with E-state index in [1.807, 2.05) is 4.90 Å². The zero-order valence-corrected chi connectivity index (χ0v) is 11.1. The molecule has 1 amide bonds. The van der Waals surface area contributed by atoms with Crippen molar-refractivity contribution in [2.75, 3.05) is 13.2 Å². The number of rotatable bonds is 2. The summed E-state index contributed by atoms with van der Waals surface area (Å²) in [4.78, 5) is 25.3. The second-order valence-electron chi connectivity index (χ2n) is 5.29. The Morgan fingerprint density at radius 2 is 1.85 bits per heavy atom. The van der Waals surface area contributed by atoms with Crippen molar-refractivity contribution in [3.8, 4) is 0 Å². The molecule has 2 atom stereocenters. The molecule has 1 N–H and O–H groups in total. The molecule has 1 saturated carbocycles. The minimum absolute atomic E-state index is 0.0258. The molecule has 1 aliphatic heterocycles. The number of aromatic carboxylic acids is 1. The minimum atomic E-state index is -0.980. The molecule has 106 valence electrons. The number of carboxylic acids is 1. The number of fused-ring (bicyclic) bond motifs is 1. The van der Waals surface area contributed by atoms with E-state index in [0.29, 0.717) is 18.7 Å². The maximum Gasteiger partial charge on any atom is 0.335 e. The molecule has 0 radical (unpaired) electrons. The maximum atomic E-state index is 12.5. The van der Waals surface area contributed by atoms with Crippen LogP contribution in [0.3, 0.4) is 0 Å². The fraction of sp³-hybridized carbons (Fsp3) is 0.467.